The Labute approximate surface area is 184 Å². The van der Waals surface area contributed by atoms with Crippen molar-refractivity contribution in [2.75, 3.05) is 4.90 Å². The minimum absolute atomic E-state index is 0.0154. The van der Waals surface area contributed by atoms with Crippen molar-refractivity contribution in [3.05, 3.63) is 64.8 Å². The van der Waals surface area contributed by atoms with E-state index in [4.69, 9.17) is 16.6 Å². The van der Waals surface area contributed by atoms with E-state index in [2.05, 4.69) is 31.8 Å². The van der Waals surface area contributed by atoms with Gasteiger partial charge in [0.15, 0.2) is 16.8 Å². The normalized spacial score (nSPS) is 16.9. The van der Waals surface area contributed by atoms with E-state index in [0.717, 1.165) is 16.1 Å². The first-order valence-corrected chi connectivity index (χ1v) is 9.90. The predicted octanol–water partition coefficient (Wildman–Crippen LogP) is 2.98. The summed E-state index contributed by atoms with van der Waals surface area (Å²) in [6.07, 6.45) is 1.06. The molecule has 0 radical (unpaired) electrons. The summed E-state index contributed by atoms with van der Waals surface area (Å²) in [5.41, 5.74) is 3.33. The molecule has 3 aromatic rings. The van der Waals surface area contributed by atoms with E-state index < -0.39 is 23.6 Å². The number of hydrogen-bond acceptors (Lipinski definition) is 6. The molecule has 2 N–H and O–H groups in total. The number of thiocarbonyl (C=S) groups is 1. The number of furan rings is 1. The number of rotatable bonds is 4. The molecule has 2 aromatic carbocycles. The molecule has 1 aliphatic rings. The fourth-order valence-corrected chi connectivity index (χ4v) is 3.57. The molecule has 4 rings (SSSR count). The second-order valence-electron chi connectivity index (χ2n) is 6.29. The number of amides is 3. The van der Waals surface area contributed by atoms with Crippen LogP contribution in [0.2, 0.25) is 0 Å². The lowest BCUT2D eigenvalue weighted by molar-refractivity contribution is -0.130. The average Bonchev–Trinajstić information content (AvgIpc) is 3.14. The van der Waals surface area contributed by atoms with Gasteiger partial charge in [0.25, 0.3) is 5.91 Å². The van der Waals surface area contributed by atoms with Crippen LogP contribution in [0, 0.1) is 5.92 Å². The third-order valence-electron chi connectivity index (χ3n) is 4.31. The maximum absolute atomic E-state index is 12.8. The van der Waals surface area contributed by atoms with E-state index in [0.29, 0.717) is 11.3 Å². The van der Waals surface area contributed by atoms with E-state index in [1.807, 2.05) is 6.07 Å². The Morgan fingerprint density at radius 1 is 1.20 bits per heavy atom. The molecule has 150 valence electrons. The Kier molecular flexibility index (Phi) is 5.42. The van der Waals surface area contributed by atoms with Gasteiger partial charge >= 0.3 is 5.91 Å². The highest BCUT2D eigenvalue weighted by atomic mass is 79.9. The number of halogens is 1. The Balaban J connectivity index is 1.49. The van der Waals surface area contributed by atoms with E-state index in [1.54, 1.807) is 48.5 Å². The number of hydrazone groups is 1. The van der Waals surface area contributed by atoms with Gasteiger partial charge in [-0.15, -0.1) is 0 Å². The zero-order chi connectivity index (χ0) is 21.3. The molecule has 0 saturated carbocycles. The lowest BCUT2D eigenvalue weighted by Gasteiger charge is -2.30. The molecule has 0 aliphatic carbocycles. The van der Waals surface area contributed by atoms with Crippen molar-refractivity contribution in [2.45, 2.75) is 0 Å². The van der Waals surface area contributed by atoms with Crippen LogP contribution in [0.25, 0.3) is 11.0 Å². The number of nitrogens with zero attached hydrogens (tertiary/aromatic N) is 2. The largest absolute Gasteiger partial charge is 0.451 e. The molecular weight excluding hydrogens is 472 g/mol. The average molecular weight is 485 g/mol. The molecule has 1 aromatic heterocycles. The first-order valence-electron chi connectivity index (χ1n) is 8.70. The van der Waals surface area contributed by atoms with Gasteiger partial charge in [0.1, 0.15) is 5.58 Å². The van der Waals surface area contributed by atoms with Crippen LogP contribution in [0.1, 0.15) is 10.6 Å². The van der Waals surface area contributed by atoms with Crippen LogP contribution in [0.15, 0.2) is 68.6 Å². The van der Waals surface area contributed by atoms with Crippen LogP contribution in [0.4, 0.5) is 5.69 Å². The van der Waals surface area contributed by atoms with Gasteiger partial charge < -0.3 is 9.73 Å². The summed E-state index contributed by atoms with van der Waals surface area (Å²) in [5, 5.41) is 6.97. The van der Waals surface area contributed by atoms with Gasteiger partial charge in [0, 0.05) is 16.1 Å². The fraction of sp³-hybridized carbons (Fsp3) is 0.0500. The Morgan fingerprint density at radius 2 is 1.97 bits per heavy atom. The van der Waals surface area contributed by atoms with Crippen molar-refractivity contribution in [1.82, 2.24) is 10.7 Å². The van der Waals surface area contributed by atoms with Gasteiger partial charge in [-0.05, 0) is 48.6 Å². The standard InChI is InChI=1S/C20H13BrN4O4S/c21-12-6-7-15-11(8-12)9-16(29-15)18(27)24-22-10-14-17(26)23-20(30)25(19(14)28)13-4-2-1-3-5-13/h1-10,14H,(H,24,27)(H,23,26,30)/b22-10+/t14-/m1/s1. The van der Waals surface area contributed by atoms with Crippen molar-refractivity contribution < 1.29 is 18.8 Å². The third kappa shape index (κ3) is 3.87. The molecule has 3 amide bonds. The quantitative estimate of drug-likeness (QED) is 0.256. The zero-order valence-electron chi connectivity index (χ0n) is 15.2. The second-order valence-corrected chi connectivity index (χ2v) is 7.60. The minimum Gasteiger partial charge on any atom is -0.451 e. The molecule has 0 bridgehead atoms. The SMILES string of the molecule is O=C(N/N=C/[C@@H]1C(=O)NC(=S)N(c2ccccc2)C1=O)c1cc2cc(Br)ccc2o1. The molecule has 1 atom stereocenters. The zero-order valence-corrected chi connectivity index (χ0v) is 17.6. The monoisotopic (exact) mass is 484 g/mol. The van der Waals surface area contributed by atoms with Crippen LogP contribution >= 0.6 is 28.1 Å². The number of fused-ring (bicyclic) bond motifs is 1. The van der Waals surface area contributed by atoms with Gasteiger partial charge in [0.05, 0.1) is 5.69 Å². The summed E-state index contributed by atoms with van der Waals surface area (Å²) in [7, 11) is 0. The third-order valence-corrected chi connectivity index (χ3v) is 5.09. The Hall–Kier alpha value is -3.37. The van der Waals surface area contributed by atoms with E-state index in [9.17, 15) is 14.4 Å². The van der Waals surface area contributed by atoms with Gasteiger partial charge in [-0.2, -0.15) is 5.10 Å². The summed E-state index contributed by atoms with van der Waals surface area (Å²) in [5.74, 6) is -3.00. The van der Waals surface area contributed by atoms with E-state index in [1.165, 1.54) is 4.90 Å². The minimum atomic E-state index is -1.25. The van der Waals surface area contributed by atoms with Crippen LogP contribution in [-0.2, 0) is 9.59 Å². The molecule has 1 saturated heterocycles. The van der Waals surface area contributed by atoms with Crippen LogP contribution in [-0.4, -0.2) is 29.0 Å². The maximum Gasteiger partial charge on any atom is 0.307 e. The van der Waals surface area contributed by atoms with Crippen LogP contribution < -0.4 is 15.6 Å². The first-order chi connectivity index (χ1) is 14.4. The van der Waals surface area contributed by atoms with Crippen molar-refractivity contribution in [2.24, 2.45) is 11.0 Å². The molecule has 1 fully saturated rings. The Bertz CT molecular complexity index is 1210. The Morgan fingerprint density at radius 3 is 2.73 bits per heavy atom. The molecular formula is C20H13BrN4O4S. The van der Waals surface area contributed by atoms with Gasteiger partial charge in [-0.1, -0.05) is 34.1 Å². The summed E-state index contributed by atoms with van der Waals surface area (Å²) in [6.45, 7) is 0. The first kappa shape index (κ1) is 19.9. The molecule has 30 heavy (non-hydrogen) atoms. The number of carbonyl (C=O) groups excluding carboxylic acids is 3. The highest BCUT2D eigenvalue weighted by molar-refractivity contribution is 9.10. The topological polar surface area (TPSA) is 104 Å². The predicted molar refractivity (Wildman–Crippen MR) is 118 cm³/mol. The molecule has 0 unspecified atom stereocenters. The highest BCUT2D eigenvalue weighted by Gasteiger charge is 2.38. The van der Waals surface area contributed by atoms with E-state index >= 15 is 0 Å². The van der Waals surface area contributed by atoms with E-state index in [-0.39, 0.29) is 10.9 Å². The van der Waals surface area contributed by atoms with Crippen molar-refractivity contribution in [1.29, 1.82) is 0 Å². The summed E-state index contributed by atoms with van der Waals surface area (Å²) in [6, 6.07) is 15.6. The summed E-state index contributed by atoms with van der Waals surface area (Å²) in [4.78, 5) is 38.5. The van der Waals surface area contributed by atoms with Gasteiger partial charge in [-0.3, -0.25) is 19.3 Å². The number of carbonyl (C=O) groups is 3. The fourth-order valence-electron chi connectivity index (χ4n) is 2.90. The summed E-state index contributed by atoms with van der Waals surface area (Å²) < 4.78 is 6.33. The highest BCUT2D eigenvalue weighted by Crippen LogP contribution is 2.23. The lowest BCUT2D eigenvalue weighted by atomic mass is 10.1. The van der Waals surface area contributed by atoms with Gasteiger partial charge in [0.2, 0.25) is 5.91 Å². The molecule has 0 spiro atoms. The summed E-state index contributed by atoms with van der Waals surface area (Å²) >= 11 is 8.47. The molecule has 8 nitrogen and oxygen atoms in total. The van der Waals surface area contributed by atoms with Crippen molar-refractivity contribution in [3.8, 4) is 0 Å². The van der Waals surface area contributed by atoms with Crippen LogP contribution in [0.3, 0.4) is 0 Å². The maximum atomic E-state index is 12.8. The number of para-hydroxylation sites is 1. The molecule has 10 heteroatoms. The van der Waals surface area contributed by atoms with Crippen molar-refractivity contribution >= 4 is 73.9 Å². The lowest BCUT2D eigenvalue weighted by Crippen LogP contribution is -2.58. The number of hydrogen-bond donors (Lipinski definition) is 2. The molecule has 2 heterocycles. The smallest absolute Gasteiger partial charge is 0.307 e. The van der Waals surface area contributed by atoms with Crippen LogP contribution in [0.5, 0.6) is 0 Å². The number of nitrogens with one attached hydrogen (secondary N) is 2. The molecule has 1 aliphatic heterocycles. The second kappa shape index (κ2) is 8.17. The number of benzene rings is 2. The van der Waals surface area contributed by atoms with Gasteiger partial charge in [-0.25, -0.2) is 5.43 Å². The number of anilines is 1. The van der Waals surface area contributed by atoms with Crippen molar-refractivity contribution in [3.63, 3.8) is 0 Å².